The van der Waals surface area contributed by atoms with Gasteiger partial charge in [0.1, 0.15) is 0 Å². The van der Waals surface area contributed by atoms with Crippen molar-refractivity contribution in [1.82, 2.24) is 5.32 Å². The second kappa shape index (κ2) is 19.6. The monoisotopic (exact) mass is 421 g/mol. The van der Waals surface area contributed by atoms with Gasteiger partial charge in [0.25, 0.3) is 0 Å². The van der Waals surface area contributed by atoms with Crippen molar-refractivity contribution in [1.29, 1.82) is 0 Å². The number of unbranched alkanes of at least 4 members (excludes halogenated alkanes) is 13. The highest BCUT2D eigenvalue weighted by atomic mass is 14.9. The topological polar surface area (TPSA) is 12.0 Å². The van der Waals surface area contributed by atoms with Crippen LogP contribution in [0.1, 0.15) is 156 Å². The van der Waals surface area contributed by atoms with Gasteiger partial charge in [0.15, 0.2) is 0 Å². The van der Waals surface area contributed by atoms with Crippen LogP contribution in [0.3, 0.4) is 0 Å². The van der Waals surface area contributed by atoms with Crippen molar-refractivity contribution in [2.45, 2.75) is 162 Å². The normalized spacial score (nSPS) is 20.4. The maximum absolute atomic E-state index is 3.53. The third-order valence-electron chi connectivity index (χ3n) is 7.99. The van der Waals surface area contributed by atoms with Gasteiger partial charge in [-0.25, -0.2) is 0 Å². The first-order chi connectivity index (χ1) is 14.7. The Bertz CT molecular complexity index is 352. The van der Waals surface area contributed by atoms with Crippen LogP contribution >= 0.6 is 0 Å². The molecule has 1 rings (SSSR count). The Kier molecular flexibility index (Phi) is 18.3. The molecule has 30 heavy (non-hydrogen) atoms. The number of rotatable bonds is 23. The van der Waals surface area contributed by atoms with Crippen molar-refractivity contribution < 1.29 is 0 Å². The fraction of sp³-hybridized carbons (Fsp3) is 1.00. The predicted octanol–water partition coefficient (Wildman–Crippen LogP) is 9.69. The summed E-state index contributed by atoms with van der Waals surface area (Å²) in [5, 5.41) is 3.53. The molecule has 1 aliphatic rings. The molecule has 0 aliphatic heterocycles. The second-order valence-corrected chi connectivity index (χ2v) is 10.7. The maximum atomic E-state index is 3.53. The minimum absolute atomic E-state index is 0.689. The Hall–Kier alpha value is -0.0400. The van der Waals surface area contributed by atoms with Gasteiger partial charge >= 0.3 is 0 Å². The lowest BCUT2D eigenvalue weighted by Gasteiger charge is -2.23. The number of hydrogen-bond acceptors (Lipinski definition) is 1. The van der Waals surface area contributed by atoms with Crippen LogP contribution in [0.5, 0.6) is 0 Å². The third kappa shape index (κ3) is 14.9. The quantitative estimate of drug-likeness (QED) is 0.162. The van der Waals surface area contributed by atoms with Crippen LogP contribution < -0.4 is 5.32 Å². The van der Waals surface area contributed by atoms with Crippen LogP contribution in [-0.4, -0.2) is 13.1 Å². The van der Waals surface area contributed by atoms with Gasteiger partial charge in [0.05, 0.1) is 0 Å². The Balaban J connectivity index is 1.92. The highest BCUT2D eigenvalue weighted by Crippen LogP contribution is 2.45. The molecule has 0 bridgehead atoms. The molecule has 0 heterocycles. The van der Waals surface area contributed by atoms with E-state index in [0.29, 0.717) is 6.04 Å². The summed E-state index contributed by atoms with van der Waals surface area (Å²) in [7, 11) is 2.15. The maximum Gasteiger partial charge on any atom is 0.00639 e. The van der Waals surface area contributed by atoms with Gasteiger partial charge in [0, 0.05) is 6.04 Å². The standard InChI is InChI=1S/C29H59N/c1-5-7-9-11-14-19-23-28-25-29(28)24-20-16-12-15-18-22-27(26(3)30-4)21-17-13-10-8-6-2/h26-30H,5-25H2,1-4H3. The molecule has 1 fully saturated rings. The van der Waals surface area contributed by atoms with Crippen LogP contribution in [0.25, 0.3) is 0 Å². The average molecular weight is 422 g/mol. The summed E-state index contributed by atoms with van der Waals surface area (Å²) < 4.78 is 0. The van der Waals surface area contributed by atoms with Crippen molar-refractivity contribution in [2.24, 2.45) is 17.8 Å². The molecule has 0 aromatic carbocycles. The van der Waals surface area contributed by atoms with Gasteiger partial charge in [-0.15, -0.1) is 0 Å². The summed E-state index contributed by atoms with van der Waals surface area (Å²) in [4.78, 5) is 0. The van der Waals surface area contributed by atoms with E-state index in [1.54, 1.807) is 12.8 Å². The van der Waals surface area contributed by atoms with Gasteiger partial charge in [-0.3, -0.25) is 0 Å². The predicted molar refractivity (Wildman–Crippen MR) is 137 cm³/mol. The van der Waals surface area contributed by atoms with Crippen LogP contribution in [0, 0.1) is 17.8 Å². The first-order valence-corrected chi connectivity index (χ1v) is 14.4. The highest BCUT2D eigenvalue weighted by Gasteiger charge is 2.34. The first kappa shape index (κ1) is 28.0. The lowest BCUT2D eigenvalue weighted by atomic mass is 9.89. The van der Waals surface area contributed by atoms with E-state index in [1.165, 1.54) is 122 Å². The molecule has 1 aliphatic carbocycles. The molecular formula is C29H59N. The largest absolute Gasteiger partial charge is 0.317 e. The third-order valence-corrected chi connectivity index (χ3v) is 7.99. The van der Waals surface area contributed by atoms with Gasteiger partial charge < -0.3 is 5.32 Å². The Morgan fingerprint density at radius 1 is 0.600 bits per heavy atom. The molecule has 0 radical (unpaired) electrons. The molecule has 0 amide bonds. The van der Waals surface area contributed by atoms with E-state index in [1.807, 2.05) is 0 Å². The Morgan fingerprint density at radius 2 is 1.00 bits per heavy atom. The number of nitrogens with one attached hydrogen (secondary N) is 1. The van der Waals surface area contributed by atoms with Gasteiger partial charge in [-0.1, -0.05) is 129 Å². The fourth-order valence-corrected chi connectivity index (χ4v) is 5.44. The molecule has 180 valence electrons. The van der Waals surface area contributed by atoms with Crippen LogP contribution in [0.4, 0.5) is 0 Å². The minimum atomic E-state index is 0.689. The summed E-state index contributed by atoms with van der Waals surface area (Å²) in [5.74, 6) is 3.14. The van der Waals surface area contributed by atoms with E-state index < -0.39 is 0 Å². The summed E-state index contributed by atoms with van der Waals surface area (Å²) in [6.45, 7) is 7.02. The van der Waals surface area contributed by atoms with Crippen molar-refractivity contribution in [2.75, 3.05) is 7.05 Å². The molecule has 1 saturated carbocycles. The zero-order valence-corrected chi connectivity index (χ0v) is 21.7. The van der Waals surface area contributed by atoms with E-state index in [9.17, 15) is 0 Å². The van der Waals surface area contributed by atoms with Gasteiger partial charge in [0.2, 0.25) is 0 Å². The van der Waals surface area contributed by atoms with Crippen LogP contribution in [0.15, 0.2) is 0 Å². The molecule has 1 heteroatoms. The molecule has 0 spiro atoms. The van der Waals surface area contributed by atoms with E-state index in [4.69, 9.17) is 0 Å². The molecular weight excluding hydrogens is 362 g/mol. The molecule has 0 saturated heterocycles. The molecule has 1 nitrogen and oxygen atoms in total. The summed E-state index contributed by atoms with van der Waals surface area (Å²) in [6, 6.07) is 0.689. The van der Waals surface area contributed by atoms with E-state index in [0.717, 1.165) is 17.8 Å². The van der Waals surface area contributed by atoms with Gasteiger partial charge in [-0.05, 0) is 51.0 Å². The van der Waals surface area contributed by atoms with E-state index >= 15 is 0 Å². The molecule has 4 atom stereocenters. The Labute approximate surface area is 192 Å². The smallest absolute Gasteiger partial charge is 0.00639 e. The van der Waals surface area contributed by atoms with Gasteiger partial charge in [-0.2, -0.15) is 0 Å². The average Bonchev–Trinajstić information content (AvgIpc) is 3.51. The van der Waals surface area contributed by atoms with E-state index in [-0.39, 0.29) is 0 Å². The molecule has 0 aromatic rings. The fourth-order valence-electron chi connectivity index (χ4n) is 5.44. The molecule has 4 unspecified atom stereocenters. The van der Waals surface area contributed by atoms with Crippen LogP contribution in [-0.2, 0) is 0 Å². The second-order valence-electron chi connectivity index (χ2n) is 10.7. The highest BCUT2D eigenvalue weighted by molar-refractivity contribution is 4.85. The van der Waals surface area contributed by atoms with Crippen molar-refractivity contribution >= 4 is 0 Å². The SMILES string of the molecule is CCCCCCCCC1CC1CCCCCCCC(CCCCCCC)C(C)NC. The zero-order valence-electron chi connectivity index (χ0n) is 21.7. The summed E-state index contributed by atoms with van der Waals surface area (Å²) in [6.07, 6.45) is 30.8. The molecule has 0 aromatic heterocycles. The minimum Gasteiger partial charge on any atom is -0.317 e. The van der Waals surface area contributed by atoms with Crippen LogP contribution in [0.2, 0.25) is 0 Å². The Morgan fingerprint density at radius 3 is 1.43 bits per heavy atom. The first-order valence-electron chi connectivity index (χ1n) is 14.4. The lowest BCUT2D eigenvalue weighted by molar-refractivity contribution is 0.324. The lowest BCUT2D eigenvalue weighted by Crippen LogP contribution is -2.30. The van der Waals surface area contributed by atoms with E-state index in [2.05, 4.69) is 33.1 Å². The molecule has 1 N–H and O–H groups in total. The van der Waals surface area contributed by atoms with Crippen molar-refractivity contribution in [3.63, 3.8) is 0 Å². The zero-order chi connectivity index (χ0) is 21.9. The summed E-state index contributed by atoms with van der Waals surface area (Å²) >= 11 is 0. The van der Waals surface area contributed by atoms with Crippen molar-refractivity contribution in [3.8, 4) is 0 Å². The van der Waals surface area contributed by atoms with Crippen molar-refractivity contribution in [3.05, 3.63) is 0 Å². The summed E-state index contributed by atoms with van der Waals surface area (Å²) in [5.41, 5.74) is 0. The number of hydrogen-bond donors (Lipinski definition) is 1.